The van der Waals surface area contributed by atoms with Gasteiger partial charge in [-0.1, -0.05) is 6.07 Å². The lowest BCUT2D eigenvalue weighted by Crippen LogP contribution is -2.34. The summed E-state index contributed by atoms with van der Waals surface area (Å²) >= 11 is 0. The number of rotatable bonds is 8. The minimum atomic E-state index is -0.728. The van der Waals surface area contributed by atoms with Crippen LogP contribution >= 0.6 is 0 Å². The quantitative estimate of drug-likeness (QED) is 0.483. The van der Waals surface area contributed by atoms with Gasteiger partial charge in [0.2, 0.25) is 5.91 Å². The van der Waals surface area contributed by atoms with Gasteiger partial charge < -0.3 is 15.6 Å². The van der Waals surface area contributed by atoms with Gasteiger partial charge in [0, 0.05) is 36.3 Å². The van der Waals surface area contributed by atoms with E-state index in [1.165, 1.54) is 12.1 Å². The van der Waals surface area contributed by atoms with Crippen LogP contribution in [0.1, 0.15) is 24.1 Å². The molecule has 0 spiro atoms. The Bertz CT molecular complexity index is 1110. The number of carbonyl (C=O) groups is 3. The zero-order chi connectivity index (χ0) is 21.8. The summed E-state index contributed by atoms with van der Waals surface area (Å²) in [5, 5.41) is 6.12. The highest BCUT2D eigenvalue weighted by Gasteiger charge is 2.37. The highest BCUT2D eigenvalue weighted by Crippen LogP contribution is 2.21. The van der Waals surface area contributed by atoms with Crippen LogP contribution in [0, 0.1) is 5.82 Å². The smallest absolute Gasteiger partial charge is 0.324 e. The van der Waals surface area contributed by atoms with Crippen LogP contribution in [0.15, 0.2) is 48.8 Å². The van der Waals surface area contributed by atoms with E-state index in [0.717, 1.165) is 27.1 Å². The van der Waals surface area contributed by atoms with Crippen molar-refractivity contribution in [2.24, 2.45) is 0 Å². The van der Waals surface area contributed by atoms with Crippen LogP contribution in [0.5, 0.6) is 0 Å². The zero-order valence-electron chi connectivity index (χ0n) is 16.7. The number of hydrogen-bond acceptors (Lipinski definition) is 4. The molecule has 0 radical (unpaired) electrons. The summed E-state index contributed by atoms with van der Waals surface area (Å²) in [6.45, 7) is 0.485. The summed E-state index contributed by atoms with van der Waals surface area (Å²) in [6, 6.07) is 8.68. The Morgan fingerprint density at radius 3 is 2.90 bits per heavy atom. The van der Waals surface area contributed by atoms with Crippen molar-refractivity contribution in [3.8, 4) is 0 Å². The van der Waals surface area contributed by atoms with E-state index in [4.69, 9.17) is 0 Å². The molecule has 9 heteroatoms. The predicted octanol–water partition coefficient (Wildman–Crippen LogP) is 2.26. The van der Waals surface area contributed by atoms with Gasteiger partial charge in [-0.15, -0.1) is 0 Å². The Morgan fingerprint density at radius 1 is 1.23 bits per heavy atom. The Balaban J connectivity index is 1.28. The van der Waals surface area contributed by atoms with Gasteiger partial charge in [-0.3, -0.25) is 19.5 Å². The molecule has 3 N–H and O–H groups in total. The van der Waals surface area contributed by atoms with Gasteiger partial charge in [0.25, 0.3) is 5.91 Å². The van der Waals surface area contributed by atoms with Crippen LogP contribution in [0.3, 0.4) is 0 Å². The van der Waals surface area contributed by atoms with Crippen molar-refractivity contribution in [1.29, 1.82) is 0 Å². The first-order valence-electron chi connectivity index (χ1n) is 10.1. The van der Waals surface area contributed by atoms with Gasteiger partial charge in [0.05, 0.1) is 12.2 Å². The monoisotopic (exact) mass is 423 g/mol. The lowest BCUT2D eigenvalue weighted by Gasteiger charge is -2.12. The molecule has 31 heavy (non-hydrogen) atoms. The third-order valence-electron chi connectivity index (χ3n) is 5.29. The standard InChI is InChI=1S/C22H22FN5O3/c23-15-4-5-18-17(11-15)14(12-25-18)8-10-28-21(30)19(27-22(28)31)6-7-20(29)26-13-16-3-1-2-9-24-16/h1-5,9,11-12,19,25H,6-8,10,13H2,(H,26,29)(H,27,31)/t19-/m0/s1. The Morgan fingerprint density at radius 2 is 2.10 bits per heavy atom. The van der Waals surface area contributed by atoms with E-state index in [1.54, 1.807) is 30.6 Å². The second-order valence-corrected chi connectivity index (χ2v) is 7.38. The number of H-pyrrole nitrogens is 1. The van der Waals surface area contributed by atoms with Crippen LogP contribution in [0.25, 0.3) is 10.9 Å². The summed E-state index contributed by atoms with van der Waals surface area (Å²) in [4.78, 5) is 45.3. The molecule has 0 unspecified atom stereocenters. The molecule has 4 amide bonds. The van der Waals surface area contributed by atoms with Crippen molar-refractivity contribution in [3.63, 3.8) is 0 Å². The average molecular weight is 423 g/mol. The highest BCUT2D eigenvalue weighted by atomic mass is 19.1. The van der Waals surface area contributed by atoms with Crippen molar-refractivity contribution >= 4 is 28.7 Å². The molecule has 2 aromatic heterocycles. The van der Waals surface area contributed by atoms with E-state index in [9.17, 15) is 18.8 Å². The molecule has 1 aliphatic heterocycles. The Kier molecular flexibility index (Phi) is 5.92. The minimum absolute atomic E-state index is 0.110. The minimum Gasteiger partial charge on any atom is -0.361 e. The molecule has 1 aliphatic rings. The molecule has 8 nitrogen and oxygen atoms in total. The van der Waals surface area contributed by atoms with Gasteiger partial charge in [-0.2, -0.15) is 0 Å². The van der Waals surface area contributed by atoms with Crippen LogP contribution < -0.4 is 10.6 Å². The molecule has 3 heterocycles. The van der Waals surface area contributed by atoms with Crippen molar-refractivity contribution in [2.75, 3.05) is 6.54 Å². The van der Waals surface area contributed by atoms with E-state index in [2.05, 4.69) is 20.6 Å². The maximum Gasteiger partial charge on any atom is 0.324 e. The van der Waals surface area contributed by atoms with E-state index in [1.807, 2.05) is 6.07 Å². The largest absolute Gasteiger partial charge is 0.361 e. The SMILES string of the molecule is O=C(CC[C@@H]1NC(=O)N(CCc2c[nH]c3ccc(F)cc23)C1=O)NCc1ccccn1. The van der Waals surface area contributed by atoms with Gasteiger partial charge >= 0.3 is 6.03 Å². The molecule has 1 fully saturated rings. The number of imide groups is 1. The fraction of sp³-hybridized carbons (Fsp3) is 0.273. The third-order valence-corrected chi connectivity index (χ3v) is 5.29. The fourth-order valence-electron chi connectivity index (χ4n) is 3.63. The first kappa shape index (κ1) is 20.5. The van der Waals surface area contributed by atoms with Gasteiger partial charge in [0.15, 0.2) is 0 Å². The van der Waals surface area contributed by atoms with Crippen LogP contribution in [-0.4, -0.2) is 45.3 Å². The van der Waals surface area contributed by atoms with Crippen molar-refractivity contribution in [3.05, 3.63) is 65.9 Å². The number of benzene rings is 1. The number of pyridine rings is 1. The summed E-state index contributed by atoms with van der Waals surface area (Å²) in [5.74, 6) is -0.912. The molecule has 160 valence electrons. The maximum atomic E-state index is 13.5. The van der Waals surface area contributed by atoms with Crippen LogP contribution in [0.4, 0.5) is 9.18 Å². The molecule has 1 saturated heterocycles. The molecular weight excluding hydrogens is 401 g/mol. The number of hydrogen-bond donors (Lipinski definition) is 3. The number of fused-ring (bicyclic) bond motifs is 1. The number of nitrogens with zero attached hydrogens (tertiary/aromatic N) is 2. The summed E-state index contributed by atoms with van der Waals surface area (Å²) in [5.41, 5.74) is 2.36. The number of aromatic nitrogens is 2. The number of amides is 4. The van der Waals surface area contributed by atoms with E-state index in [-0.39, 0.29) is 37.0 Å². The van der Waals surface area contributed by atoms with Crippen LogP contribution in [0.2, 0.25) is 0 Å². The fourth-order valence-corrected chi connectivity index (χ4v) is 3.63. The van der Waals surface area contributed by atoms with E-state index >= 15 is 0 Å². The topological polar surface area (TPSA) is 107 Å². The molecule has 3 aromatic rings. The third kappa shape index (κ3) is 4.71. The van der Waals surface area contributed by atoms with Crippen molar-refractivity contribution in [1.82, 2.24) is 25.5 Å². The first-order valence-corrected chi connectivity index (χ1v) is 10.1. The van der Waals surface area contributed by atoms with Gasteiger partial charge in [0.1, 0.15) is 11.9 Å². The van der Waals surface area contributed by atoms with E-state index < -0.39 is 12.1 Å². The van der Waals surface area contributed by atoms with Crippen molar-refractivity contribution in [2.45, 2.75) is 31.8 Å². The van der Waals surface area contributed by atoms with Gasteiger partial charge in [-0.05, 0) is 48.7 Å². The number of urea groups is 1. The number of aromatic amines is 1. The maximum absolute atomic E-state index is 13.5. The first-order chi connectivity index (χ1) is 15.0. The number of halogens is 1. The Hall–Kier alpha value is -3.75. The summed E-state index contributed by atoms with van der Waals surface area (Å²) in [7, 11) is 0. The van der Waals surface area contributed by atoms with Gasteiger partial charge in [-0.25, -0.2) is 9.18 Å². The molecule has 1 aromatic carbocycles. The molecule has 4 rings (SSSR count). The molecule has 0 bridgehead atoms. The number of carbonyl (C=O) groups excluding carboxylic acids is 3. The number of nitrogens with one attached hydrogen (secondary N) is 3. The summed E-state index contributed by atoms with van der Waals surface area (Å²) < 4.78 is 13.5. The molecular formula is C22H22FN5O3. The average Bonchev–Trinajstić information content (AvgIpc) is 3.29. The zero-order valence-corrected chi connectivity index (χ0v) is 16.7. The second kappa shape index (κ2) is 8.95. The van der Waals surface area contributed by atoms with Crippen LogP contribution in [-0.2, 0) is 22.6 Å². The highest BCUT2D eigenvalue weighted by molar-refractivity contribution is 6.04. The molecule has 0 aliphatic carbocycles. The molecule has 0 saturated carbocycles. The normalized spacial score (nSPS) is 16.0. The lowest BCUT2D eigenvalue weighted by atomic mass is 10.1. The summed E-state index contributed by atoms with van der Waals surface area (Å²) in [6.07, 6.45) is 4.13. The lowest BCUT2D eigenvalue weighted by molar-refractivity contribution is -0.127. The molecule has 1 atom stereocenters. The predicted molar refractivity (Wildman–Crippen MR) is 111 cm³/mol. The Labute approximate surface area is 177 Å². The van der Waals surface area contributed by atoms with E-state index in [0.29, 0.717) is 13.0 Å². The second-order valence-electron chi connectivity index (χ2n) is 7.38. The van der Waals surface area contributed by atoms with Crippen molar-refractivity contribution < 1.29 is 18.8 Å².